The molecule has 1 fully saturated rings. The number of nitrogens with one attached hydrogen (secondary N) is 1. The summed E-state index contributed by atoms with van der Waals surface area (Å²) in [7, 11) is 2.08. The molecule has 0 atom stereocenters. The van der Waals surface area contributed by atoms with Crippen LogP contribution in [0.2, 0.25) is 0 Å². The van der Waals surface area contributed by atoms with Gasteiger partial charge in [-0.05, 0) is 42.3 Å². The Bertz CT molecular complexity index is 1280. The zero-order valence-corrected chi connectivity index (χ0v) is 21.5. The maximum absolute atomic E-state index is 12.8. The van der Waals surface area contributed by atoms with Crippen LogP contribution in [-0.4, -0.2) is 86.6 Å². The van der Waals surface area contributed by atoms with E-state index < -0.39 is 18.6 Å². The third-order valence-corrected chi connectivity index (χ3v) is 6.52. The molecule has 204 valence electrons. The lowest BCUT2D eigenvalue weighted by molar-refractivity contribution is -0.123. The van der Waals surface area contributed by atoms with Crippen LogP contribution in [0, 0.1) is 0 Å². The SMILES string of the molecule is CC(C)c1cc(-c2nnc(C(=O)NCC(F)(F)F)n2-c2ccc(CN3CCN(C)CC3)cc2)c(O)cc1O. The number of rotatable bonds is 7. The summed E-state index contributed by atoms with van der Waals surface area (Å²) in [6.45, 7) is 6.76. The molecule has 0 bridgehead atoms. The molecule has 1 saturated heterocycles. The van der Waals surface area contributed by atoms with E-state index in [1.165, 1.54) is 16.7 Å². The fraction of sp³-hybridized carbons (Fsp3) is 0.423. The fourth-order valence-corrected chi connectivity index (χ4v) is 4.36. The Kier molecular flexibility index (Phi) is 7.93. The first-order valence-electron chi connectivity index (χ1n) is 12.3. The normalized spacial score (nSPS) is 15.2. The van der Waals surface area contributed by atoms with Crippen molar-refractivity contribution in [3.63, 3.8) is 0 Å². The van der Waals surface area contributed by atoms with Crippen LogP contribution in [-0.2, 0) is 6.54 Å². The number of aromatic nitrogens is 3. The van der Waals surface area contributed by atoms with E-state index in [1.54, 1.807) is 12.1 Å². The number of hydrogen-bond donors (Lipinski definition) is 3. The van der Waals surface area contributed by atoms with Gasteiger partial charge in [0.2, 0.25) is 5.82 Å². The molecule has 0 aliphatic carbocycles. The molecule has 12 heteroatoms. The number of carbonyl (C=O) groups is 1. The Morgan fingerprint density at radius 2 is 1.68 bits per heavy atom. The Balaban J connectivity index is 1.73. The number of nitrogens with zero attached hydrogens (tertiary/aromatic N) is 5. The molecule has 3 N–H and O–H groups in total. The van der Waals surface area contributed by atoms with Gasteiger partial charge in [0.05, 0.1) is 5.56 Å². The van der Waals surface area contributed by atoms with Crippen LogP contribution in [0.25, 0.3) is 17.1 Å². The van der Waals surface area contributed by atoms with E-state index in [2.05, 4.69) is 27.0 Å². The molecule has 0 radical (unpaired) electrons. The lowest BCUT2D eigenvalue weighted by Crippen LogP contribution is -2.43. The Morgan fingerprint density at radius 1 is 1.03 bits per heavy atom. The van der Waals surface area contributed by atoms with Gasteiger partial charge >= 0.3 is 6.18 Å². The van der Waals surface area contributed by atoms with E-state index in [9.17, 15) is 28.2 Å². The molecule has 9 nitrogen and oxygen atoms in total. The quantitative estimate of drug-likeness (QED) is 0.428. The van der Waals surface area contributed by atoms with Gasteiger partial charge in [0.15, 0.2) is 5.82 Å². The second-order valence-electron chi connectivity index (χ2n) is 9.81. The maximum atomic E-state index is 12.8. The van der Waals surface area contributed by atoms with Crippen LogP contribution in [0.4, 0.5) is 13.2 Å². The number of likely N-dealkylation sites (N-methyl/N-ethyl adjacent to an activating group) is 1. The molecule has 2 heterocycles. The van der Waals surface area contributed by atoms with Crippen LogP contribution in [0.1, 0.15) is 41.5 Å². The average molecular weight is 533 g/mol. The zero-order valence-electron chi connectivity index (χ0n) is 21.5. The molecule has 0 unspecified atom stereocenters. The van der Waals surface area contributed by atoms with Crippen LogP contribution in [0.15, 0.2) is 36.4 Å². The number of alkyl halides is 3. The molecule has 1 aliphatic heterocycles. The van der Waals surface area contributed by atoms with Crippen molar-refractivity contribution in [1.82, 2.24) is 29.9 Å². The van der Waals surface area contributed by atoms with Gasteiger partial charge in [-0.3, -0.25) is 14.3 Å². The topological polar surface area (TPSA) is 107 Å². The van der Waals surface area contributed by atoms with E-state index in [-0.39, 0.29) is 34.6 Å². The number of hydrogen-bond acceptors (Lipinski definition) is 7. The molecule has 3 aromatic rings. The summed E-state index contributed by atoms with van der Waals surface area (Å²) < 4.78 is 39.6. The van der Waals surface area contributed by atoms with Gasteiger partial charge in [-0.15, -0.1) is 10.2 Å². The Morgan fingerprint density at radius 3 is 2.29 bits per heavy atom. The van der Waals surface area contributed by atoms with E-state index in [4.69, 9.17) is 0 Å². The number of carbonyl (C=O) groups excluding carboxylic acids is 1. The highest BCUT2D eigenvalue weighted by atomic mass is 19.4. The minimum absolute atomic E-state index is 0.0494. The fourth-order valence-electron chi connectivity index (χ4n) is 4.36. The largest absolute Gasteiger partial charge is 0.508 e. The molecule has 4 rings (SSSR count). The second kappa shape index (κ2) is 11.0. The summed E-state index contributed by atoms with van der Waals surface area (Å²) in [4.78, 5) is 17.3. The van der Waals surface area contributed by atoms with Crippen LogP contribution < -0.4 is 5.32 Å². The lowest BCUT2D eigenvalue weighted by atomic mass is 9.98. The van der Waals surface area contributed by atoms with E-state index >= 15 is 0 Å². The van der Waals surface area contributed by atoms with Crippen molar-refractivity contribution in [2.75, 3.05) is 39.8 Å². The first kappa shape index (κ1) is 27.4. The van der Waals surface area contributed by atoms with Gasteiger partial charge < -0.3 is 20.4 Å². The van der Waals surface area contributed by atoms with Crippen LogP contribution >= 0.6 is 0 Å². The number of aromatic hydroxyl groups is 2. The molecule has 1 aliphatic rings. The van der Waals surface area contributed by atoms with Crippen molar-refractivity contribution < 1.29 is 28.2 Å². The average Bonchev–Trinajstić information content (AvgIpc) is 3.29. The third-order valence-electron chi connectivity index (χ3n) is 6.52. The minimum Gasteiger partial charge on any atom is -0.508 e. The standard InChI is InChI=1S/C26H31F3N6O3/c1-16(2)19-12-20(22(37)13-21(19)36)23-31-32-24(25(38)30-15-26(27,28)29)35(23)18-6-4-17(5-7-18)14-34-10-8-33(3)9-11-34/h4-7,12-13,16,36-37H,8-11,14-15H2,1-3H3,(H,30,38). The molecule has 0 spiro atoms. The van der Waals surface area contributed by atoms with Crippen molar-refractivity contribution >= 4 is 5.91 Å². The summed E-state index contributed by atoms with van der Waals surface area (Å²) in [5.41, 5.74) is 2.17. The van der Waals surface area contributed by atoms with Gasteiger partial charge in [-0.25, -0.2) is 0 Å². The van der Waals surface area contributed by atoms with Crippen molar-refractivity contribution in [1.29, 1.82) is 0 Å². The highest BCUT2D eigenvalue weighted by Crippen LogP contribution is 2.38. The first-order chi connectivity index (χ1) is 17.9. The smallest absolute Gasteiger partial charge is 0.405 e. The van der Waals surface area contributed by atoms with Crippen molar-refractivity contribution in [2.24, 2.45) is 0 Å². The molecule has 0 saturated carbocycles. The summed E-state index contributed by atoms with van der Waals surface area (Å²) in [5.74, 6) is -1.90. The van der Waals surface area contributed by atoms with Crippen LogP contribution in [0.5, 0.6) is 11.5 Å². The Labute approximate surface area is 218 Å². The number of amides is 1. The maximum Gasteiger partial charge on any atom is 0.405 e. The Hall–Kier alpha value is -3.64. The number of phenols is 2. The predicted molar refractivity (Wildman–Crippen MR) is 135 cm³/mol. The molecular formula is C26H31F3N6O3. The number of benzene rings is 2. The zero-order chi connectivity index (χ0) is 27.6. The second-order valence-corrected chi connectivity index (χ2v) is 9.81. The summed E-state index contributed by atoms with van der Waals surface area (Å²) in [6.07, 6.45) is -4.60. The summed E-state index contributed by atoms with van der Waals surface area (Å²) in [6, 6.07) is 9.94. The first-order valence-corrected chi connectivity index (χ1v) is 12.3. The van der Waals surface area contributed by atoms with Gasteiger partial charge in [-0.2, -0.15) is 13.2 Å². The number of halogens is 3. The summed E-state index contributed by atoms with van der Waals surface area (Å²) in [5, 5.41) is 30.7. The molecule has 38 heavy (non-hydrogen) atoms. The van der Waals surface area contributed by atoms with E-state index in [0.717, 1.165) is 38.3 Å². The molecule has 2 aromatic carbocycles. The molecule has 1 aromatic heterocycles. The van der Waals surface area contributed by atoms with Gasteiger partial charge in [0.1, 0.15) is 18.0 Å². The minimum atomic E-state index is -4.60. The van der Waals surface area contributed by atoms with Crippen LogP contribution in [0.3, 0.4) is 0 Å². The lowest BCUT2D eigenvalue weighted by Gasteiger charge is -2.32. The van der Waals surface area contributed by atoms with E-state index in [0.29, 0.717) is 11.3 Å². The predicted octanol–water partition coefficient (Wildman–Crippen LogP) is 3.51. The molecule has 1 amide bonds. The monoisotopic (exact) mass is 532 g/mol. The van der Waals surface area contributed by atoms with Crippen molar-refractivity contribution in [3.8, 4) is 28.6 Å². The highest BCUT2D eigenvalue weighted by Gasteiger charge is 2.30. The number of phenolic OH excluding ortho intramolecular Hbond substituents is 2. The highest BCUT2D eigenvalue weighted by molar-refractivity contribution is 5.92. The van der Waals surface area contributed by atoms with Gasteiger partial charge in [-0.1, -0.05) is 26.0 Å². The number of piperazine rings is 1. The van der Waals surface area contributed by atoms with Crippen molar-refractivity contribution in [3.05, 3.63) is 53.3 Å². The molecular weight excluding hydrogens is 501 g/mol. The third kappa shape index (κ3) is 6.25. The van der Waals surface area contributed by atoms with Crippen molar-refractivity contribution in [2.45, 2.75) is 32.5 Å². The van der Waals surface area contributed by atoms with E-state index in [1.807, 2.05) is 31.3 Å². The summed E-state index contributed by atoms with van der Waals surface area (Å²) >= 11 is 0. The van der Waals surface area contributed by atoms with Gasteiger partial charge in [0.25, 0.3) is 5.91 Å². The van der Waals surface area contributed by atoms with Gasteiger partial charge in [0, 0.05) is 44.5 Å².